The second-order valence-corrected chi connectivity index (χ2v) is 8.69. The van der Waals surface area contributed by atoms with Crippen LogP contribution in [0.25, 0.3) is 0 Å². The summed E-state index contributed by atoms with van der Waals surface area (Å²) in [6.07, 6.45) is 4.45. The number of rotatable bonds is 5. The van der Waals surface area contributed by atoms with Crippen LogP contribution in [0.2, 0.25) is 0 Å². The molecule has 0 spiro atoms. The molecule has 1 aromatic carbocycles. The summed E-state index contributed by atoms with van der Waals surface area (Å²) >= 11 is 1.68. The van der Waals surface area contributed by atoms with Gasteiger partial charge >= 0.3 is 0 Å². The molecule has 0 aliphatic heterocycles. The molecule has 22 heavy (non-hydrogen) atoms. The fourth-order valence-corrected chi connectivity index (χ4v) is 5.30. The Kier molecular flexibility index (Phi) is 4.39. The first-order chi connectivity index (χ1) is 10.5. The number of hydrogen-bond donors (Lipinski definition) is 1. The Morgan fingerprint density at radius 2 is 2.00 bits per heavy atom. The molecule has 0 unspecified atom stereocenters. The van der Waals surface area contributed by atoms with Gasteiger partial charge in [0.2, 0.25) is 10.0 Å². The van der Waals surface area contributed by atoms with Gasteiger partial charge in [0, 0.05) is 12.0 Å². The molecule has 0 bridgehead atoms. The van der Waals surface area contributed by atoms with E-state index in [9.17, 15) is 8.42 Å². The van der Waals surface area contributed by atoms with Crippen LogP contribution in [0.5, 0.6) is 0 Å². The van der Waals surface area contributed by atoms with E-state index >= 15 is 0 Å². The summed E-state index contributed by atoms with van der Waals surface area (Å²) in [6, 6.07) is 9.20. The number of aryl methyl sites for hydroxylation is 1. The molecular weight excluding hydrogens is 314 g/mol. The van der Waals surface area contributed by atoms with Gasteiger partial charge in [0.05, 0.1) is 4.90 Å². The van der Waals surface area contributed by atoms with Crippen molar-refractivity contribution >= 4 is 21.4 Å². The fraction of sp³-hybridized carbons (Fsp3) is 0.412. The molecule has 1 aromatic heterocycles. The van der Waals surface area contributed by atoms with Crippen LogP contribution in [-0.4, -0.2) is 15.0 Å². The van der Waals surface area contributed by atoms with Crippen molar-refractivity contribution in [3.63, 3.8) is 0 Å². The van der Waals surface area contributed by atoms with E-state index in [1.165, 1.54) is 18.4 Å². The minimum Gasteiger partial charge on any atom is -0.210 e. The molecule has 1 aliphatic carbocycles. The Bertz CT molecular complexity index is 730. The molecule has 1 heterocycles. The van der Waals surface area contributed by atoms with Crippen molar-refractivity contribution < 1.29 is 8.42 Å². The largest absolute Gasteiger partial charge is 0.240 e. The zero-order valence-electron chi connectivity index (χ0n) is 12.7. The topological polar surface area (TPSA) is 46.2 Å². The smallest absolute Gasteiger partial charge is 0.210 e. The summed E-state index contributed by atoms with van der Waals surface area (Å²) in [5.41, 5.74) is 2.20. The minimum absolute atomic E-state index is 0.0309. The average molecular weight is 335 g/mol. The summed E-state index contributed by atoms with van der Waals surface area (Å²) in [7, 11) is -3.45. The summed E-state index contributed by atoms with van der Waals surface area (Å²) in [6.45, 7) is 2.39. The van der Waals surface area contributed by atoms with E-state index in [-0.39, 0.29) is 5.41 Å². The summed E-state index contributed by atoms with van der Waals surface area (Å²) in [4.78, 5) is 0.353. The lowest BCUT2D eigenvalue weighted by atomic mass is 9.81. The van der Waals surface area contributed by atoms with E-state index in [1.54, 1.807) is 29.5 Å². The van der Waals surface area contributed by atoms with Crippen molar-refractivity contribution in [1.82, 2.24) is 4.72 Å². The SMILES string of the molecule is Cc1cccc(S(=O)(=O)NCC2(c3ccsc3)CCCC2)c1. The van der Waals surface area contributed by atoms with Crippen LogP contribution in [0.15, 0.2) is 46.0 Å². The molecule has 1 saturated carbocycles. The molecule has 1 aliphatic rings. The third-order valence-electron chi connectivity index (χ3n) is 4.59. The first-order valence-electron chi connectivity index (χ1n) is 7.61. The van der Waals surface area contributed by atoms with Crippen molar-refractivity contribution in [2.75, 3.05) is 6.54 Å². The highest BCUT2D eigenvalue weighted by molar-refractivity contribution is 7.89. The molecule has 5 heteroatoms. The Hall–Kier alpha value is -1.17. The van der Waals surface area contributed by atoms with Crippen LogP contribution < -0.4 is 4.72 Å². The molecule has 0 amide bonds. The quantitative estimate of drug-likeness (QED) is 0.902. The zero-order valence-corrected chi connectivity index (χ0v) is 14.3. The molecule has 3 rings (SSSR count). The molecule has 118 valence electrons. The number of sulfonamides is 1. The Labute approximate surface area is 136 Å². The Morgan fingerprint density at radius 3 is 2.64 bits per heavy atom. The first-order valence-corrected chi connectivity index (χ1v) is 10.0. The maximum atomic E-state index is 12.5. The van der Waals surface area contributed by atoms with Crippen molar-refractivity contribution in [3.8, 4) is 0 Å². The summed E-state index contributed by atoms with van der Waals surface area (Å²) in [5.74, 6) is 0. The minimum atomic E-state index is -3.45. The molecule has 3 nitrogen and oxygen atoms in total. The number of thiophene rings is 1. The van der Waals surface area contributed by atoms with Crippen molar-refractivity contribution in [2.24, 2.45) is 0 Å². The standard InChI is InChI=1S/C17H21NO2S2/c1-14-5-4-6-16(11-14)22(19,20)18-13-17(8-2-3-9-17)15-7-10-21-12-15/h4-7,10-12,18H,2-3,8-9,13H2,1H3. The first kappa shape index (κ1) is 15.7. The maximum Gasteiger partial charge on any atom is 0.240 e. The molecule has 1 fully saturated rings. The molecule has 0 saturated heterocycles. The van der Waals surface area contributed by atoms with E-state index in [2.05, 4.69) is 21.5 Å². The normalized spacial score (nSPS) is 17.7. The molecular formula is C17H21NO2S2. The van der Waals surface area contributed by atoms with Crippen LogP contribution in [0.4, 0.5) is 0 Å². The van der Waals surface area contributed by atoms with E-state index < -0.39 is 10.0 Å². The van der Waals surface area contributed by atoms with Gasteiger partial charge in [-0.05, 0) is 59.9 Å². The van der Waals surface area contributed by atoms with E-state index in [0.717, 1.165) is 18.4 Å². The summed E-state index contributed by atoms with van der Waals surface area (Å²) < 4.78 is 27.9. The highest BCUT2D eigenvalue weighted by Gasteiger charge is 2.37. The van der Waals surface area contributed by atoms with Crippen molar-refractivity contribution in [2.45, 2.75) is 42.9 Å². The van der Waals surface area contributed by atoms with Crippen LogP contribution >= 0.6 is 11.3 Å². The fourth-order valence-electron chi connectivity index (χ4n) is 3.28. The van der Waals surface area contributed by atoms with E-state index in [1.807, 2.05) is 13.0 Å². The zero-order chi connectivity index (χ0) is 15.6. The van der Waals surface area contributed by atoms with Gasteiger partial charge in [-0.2, -0.15) is 11.3 Å². The third-order valence-corrected chi connectivity index (χ3v) is 6.68. The lowest BCUT2D eigenvalue weighted by Gasteiger charge is -2.28. The third kappa shape index (κ3) is 3.12. The van der Waals surface area contributed by atoms with Crippen LogP contribution in [-0.2, 0) is 15.4 Å². The van der Waals surface area contributed by atoms with Gasteiger partial charge < -0.3 is 0 Å². The van der Waals surface area contributed by atoms with Gasteiger partial charge in [0.15, 0.2) is 0 Å². The van der Waals surface area contributed by atoms with E-state index in [4.69, 9.17) is 0 Å². The number of hydrogen-bond acceptors (Lipinski definition) is 3. The molecule has 1 N–H and O–H groups in total. The highest BCUT2D eigenvalue weighted by atomic mass is 32.2. The highest BCUT2D eigenvalue weighted by Crippen LogP contribution is 2.41. The second-order valence-electron chi connectivity index (χ2n) is 6.14. The predicted octanol–water partition coefficient (Wildman–Crippen LogP) is 3.85. The number of nitrogens with one attached hydrogen (secondary N) is 1. The van der Waals surface area contributed by atoms with Gasteiger partial charge in [0.25, 0.3) is 0 Å². The van der Waals surface area contributed by atoms with Crippen molar-refractivity contribution in [3.05, 3.63) is 52.2 Å². The lowest BCUT2D eigenvalue weighted by molar-refractivity contribution is 0.433. The van der Waals surface area contributed by atoms with Gasteiger partial charge in [-0.1, -0.05) is 25.0 Å². The Morgan fingerprint density at radius 1 is 1.23 bits per heavy atom. The lowest BCUT2D eigenvalue weighted by Crippen LogP contribution is -2.38. The molecule has 0 radical (unpaired) electrons. The van der Waals surface area contributed by atoms with Crippen LogP contribution in [0.1, 0.15) is 36.8 Å². The predicted molar refractivity (Wildman–Crippen MR) is 90.8 cm³/mol. The average Bonchev–Trinajstić information content (AvgIpc) is 3.17. The van der Waals surface area contributed by atoms with Gasteiger partial charge in [-0.15, -0.1) is 0 Å². The Balaban J connectivity index is 1.81. The molecule has 0 atom stereocenters. The molecule has 2 aromatic rings. The van der Waals surface area contributed by atoms with E-state index in [0.29, 0.717) is 11.4 Å². The van der Waals surface area contributed by atoms with Gasteiger partial charge in [-0.25, -0.2) is 13.1 Å². The maximum absolute atomic E-state index is 12.5. The van der Waals surface area contributed by atoms with Crippen LogP contribution in [0, 0.1) is 6.92 Å². The summed E-state index contributed by atoms with van der Waals surface area (Å²) in [5, 5.41) is 4.23. The monoisotopic (exact) mass is 335 g/mol. The van der Waals surface area contributed by atoms with Crippen molar-refractivity contribution in [1.29, 1.82) is 0 Å². The second kappa shape index (κ2) is 6.14. The van der Waals surface area contributed by atoms with Crippen LogP contribution in [0.3, 0.4) is 0 Å². The van der Waals surface area contributed by atoms with Gasteiger partial charge in [-0.3, -0.25) is 0 Å². The number of benzene rings is 1. The van der Waals surface area contributed by atoms with Gasteiger partial charge in [0.1, 0.15) is 0 Å².